The number of rotatable bonds is 2. The molecule has 17 heavy (non-hydrogen) atoms. The molecule has 0 aliphatic carbocycles. The molecule has 1 saturated heterocycles. The fourth-order valence-corrected chi connectivity index (χ4v) is 2.03. The van der Waals surface area contributed by atoms with Crippen LogP contribution in [0.1, 0.15) is 13.0 Å². The summed E-state index contributed by atoms with van der Waals surface area (Å²) in [6.45, 7) is 4.84. The molecule has 0 bridgehead atoms. The summed E-state index contributed by atoms with van der Waals surface area (Å²) in [6.07, 6.45) is 1.66. The number of carbonyl (C=O) groups excluding carboxylic acids is 1. The third-order valence-electron chi connectivity index (χ3n) is 3.05. The lowest BCUT2D eigenvalue weighted by Gasteiger charge is -2.30. The van der Waals surface area contributed by atoms with Crippen LogP contribution in [0.25, 0.3) is 0 Å². The highest BCUT2D eigenvalue weighted by Crippen LogP contribution is 2.08. The van der Waals surface area contributed by atoms with Crippen LogP contribution in [0.5, 0.6) is 0 Å². The number of carbonyl (C=O) groups is 1. The molecule has 2 rings (SSSR count). The Bertz CT molecular complexity index is 449. The minimum absolute atomic E-state index is 0.0137. The quantitative estimate of drug-likeness (QED) is 0.775. The van der Waals surface area contributed by atoms with Gasteiger partial charge in [-0.1, -0.05) is 6.07 Å². The average Bonchev–Trinajstić information content (AvgIpc) is 2.39. The fraction of sp³-hybridized carbons (Fsp3) is 0.500. The number of hydrogen-bond donors (Lipinski definition) is 1. The number of nitrogens with zero attached hydrogens (tertiary/aromatic N) is 2. The number of amides is 1. The molecule has 2 heterocycles. The van der Waals surface area contributed by atoms with E-state index >= 15 is 0 Å². The van der Waals surface area contributed by atoms with Gasteiger partial charge in [0, 0.05) is 38.4 Å². The van der Waals surface area contributed by atoms with E-state index in [1.165, 1.54) is 10.6 Å². The number of hydrogen-bond acceptors (Lipinski definition) is 3. The van der Waals surface area contributed by atoms with Crippen LogP contribution in [0.2, 0.25) is 0 Å². The van der Waals surface area contributed by atoms with Gasteiger partial charge in [-0.2, -0.15) is 0 Å². The molecular weight excluding hydrogens is 218 g/mol. The predicted octanol–water partition coefficient (Wildman–Crippen LogP) is -0.159. The summed E-state index contributed by atoms with van der Waals surface area (Å²) in [5.41, 5.74) is -0.136. The second kappa shape index (κ2) is 5.14. The van der Waals surface area contributed by atoms with Crippen molar-refractivity contribution in [2.24, 2.45) is 0 Å². The van der Waals surface area contributed by atoms with Crippen molar-refractivity contribution in [1.82, 2.24) is 14.8 Å². The highest BCUT2D eigenvalue weighted by molar-refractivity contribution is 5.80. The Labute approximate surface area is 100 Å². The maximum absolute atomic E-state index is 12.2. The lowest BCUT2D eigenvalue weighted by molar-refractivity contribution is -0.134. The van der Waals surface area contributed by atoms with Gasteiger partial charge < -0.3 is 14.8 Å². The summed E-state index contributed by atoms with van der Waals surface area (Å²) >= 11 is 0. The summed E-state index contributed by atoms with van der Waals surface area (Å²) in [5.74, 6) is 0.0137. The first-order valence-corrected chi connectivity index (χ1v) is 5.87. The summed E-state index contributed by atoms with van der Waals surface area (Å²) in [4.78, 5) is 25.6. The van der Waals surface area contributed by atoms with E-state index in [0.29, 0.717) is 13.1 Å². The predicted molar refractivity (Wildman–Crippen MR) is 64.9 cm³/mol. The summed E-state index contributed by atoms with van der Waals surface area (Å²) in [5, 5.41) is 3.20. The van der Waals surface area contributed by atoms with Gasteiger partial charge in [0.25, 0.3) is 5.56 Å². The Morgan fingerprint density at radius 3 is 2.71 bits per heavy atom. The molecule has 1 aliphatic heterocycles. The fourth-order valence-electron chi connectivity index (χ4n) is 2.03. The number of aromatic nitrogens is 1. The molecule has 1 amide bonds. The molecule has 5 nitrogen and oxygen atoms in total. The minimum atomic E-state index is -0.429. The van der Waals surface area contributed by atoms with Crippen LogP contribution in [-0.4, -0.2) is 41.6 Å². The van der Waals surface area contributed by atoms with Gasteiger partial charge in [-0.25, -0.2) is 0 Å². The van der Waals surface area contributed by atoms with Crippen molar-refractivity contribution in [2.45, 2.75) is 13.0 Å². The number of piperazine rings is 1. The molecule has 92 valence electrons. The van der Waals surface area contributed by atoms with Gasteiger partial charge in [0.05, 0.1) is 0 Å². The molecule has 1 aromatic heterocycles. The van der Waals surface area contributed by atoms with Gasteiger partial charge in [0.15, 0.2) is 0 Å². The molecule has 1 aromatic rings. The van der Waals surface area contributed by atoms with Crippen molar-refractivity contribution in [3.63, 3.8) is 0 Å². The number of pyridine rings is 1. The largest absolute Gasteiger partial charge is 0.338 e. The van der Waals surface area contributed by atoms with Crippen LogP contribution in [-0.2, 0) is 4.79 Å². The Morgan fingerprint density at radius 2 is 2.06 bits per heavy atom. The Hall–Kier alpha value is -1.62. The van der Waals surface area contributed by atoms with E-state index in [1.807, 2.05) is 0 Å². The van der Waals surface area contributed by atoms with E-state index in [9.17, 15) is 9.59 Å². The van der Waals surface area contributed by atoms with Crippen LogP contribution in [0.15, 0.2) is 29.2 Å². The van der Waals surface area contributed by atoms with Crippen molar-refractivity contribution in [3.8, 4) is 0 Å². The second-order valence-electron chi connectivity index (χ2n) is 4.20. The summed E-state index contributed by atoms with van der Waals surface area (Å²) in [7, 11) is 0. The minimum Gasteiger partial charge on any atom is -0.338 e. The van der Waals surface area contributed by atoms with Crippen molar-refractivity contribution in [1.29, 1.82) is 0 Å². The number of nitrogens with one attached hydrogen (secondary N) is 1. The molecule has 0 radical (unpaired) electrons. The van der Waals surface area contributed by atoms with Crippen molar-refractivity contribution >= 4 is 5.91 Å². The zero-order valence-electron chi connectivity index (χ0n) is 9.93. The maximum atomic E-state index is 12.2. The van der Waals surface area contributed by atoms with E-state index in [4.69, 9.17) is 0 Å². The van der Waals surface area contributed by atoms with Crippen molar-refractivity contribution < 1.29 is 4.79 Å². The SMILES string of the molecule is CC(C(=O)N1CCNCC1)n1ccccc1=O. The van der Waals surface area contributed by atoms with Crippen LogP contribution >= 0.6 is 0 Å². The molecule has 1 N–H and O–H groups in total. The first kappa shape index (κ1) is 11.9. The molecule has 0 spiro atoms. The molecule has 1 aliphatic rings. The lowest BCUT2D eigenvalue weighted by atomic mass is 10.2. The van der Waals surface area contributed by atoms with E-state index in [2.05, 4.69) is 5.32 Å². The zero-order valence-corrected chi connectivity index (χ0v) is 9.93. The molecular formula is C12H17N3O2. The van der Waals surface area contributed by atoms with Crippen LogP contribution in [0, 0.1) is 0 Å². The standard InChI is InChI=1S/C12H17N3O2/c1-10(15-7-3-2-4-11(15)16)12(17)14-8-5-13-6-9-14/h2-4,7,10,13H,5-6,8-9H2,1H3. The van der Waals surface area contributed by atoms with E-state index in [0.717, 1.165) is 13.1 Å². The molecule has 0 saturated carbocycles. The van der Waals surface area contributed by atoms with Crippen LogP contribution < -0.4 is 10.9 Å². The molecule has 0 aromatic carbocycles. The van der Waals surface area contributed by atoms with Crippen molar-refractivity contribution in [3.05, 3.63) is 34.7 Å². The van der Waals surface area contributed by atoms with E-state index < -0.39 is 6.04 Å². The normalized spacial score (nSPS) is 17.8. The molecule has 1 unspecified atom stereocenters. The maximum Gasteiger partial charge on any atom is 0.251 e. The van der Waals surface area contributed by atoms with Gasteiger partial charge in [0.2, 0.25) is 5.91 Å². The monoisotopic (exact) mass is 235 g/mol. The first-order valence-electron chi connectivity index (χ1n) is 5.87. The highest BCUT2D eigenvalue weighted by Gasteiger charge is 2.23. The Kier molecular flexibility index (Phi) is 3.58. The topological polar surface area (TPSA) is 54.3 Å². The third kappa shape index (κ3) is 2.55. The van der Waals surface area contributed by atoms with Gasteiger partial charge in [-0.15, -0.1) is 0 Å². The van der Waals surface area contributed by atoms with E-state index in [1.54, 1.807) is 30.2 Å². The summed E-state index contributed by atoms with van der Waals surface area (Å²) in [6, 6.07) is 4.49. The van der Waals surface area contributed by atoms with E-state index in [-0.39, 0.29) is 11.5 Å². The average molecular weight is 235 g/mol. The van der Waals surface area contributed by atoms with Crippen LogP contribution in [0.4, 0.5) is 0 Å². The first-order chi connectivity index (χ1) is 8.20. The van der Waals surface area contributed by atoms with Gasteiger partial charge in [-0.05, 0) is 13.0 Å². The van der Waals surface area contributed by atoms with Gasteiger partial charge in [-0.3, -0.25) is 9.59 Å². The highest BCUT2D eigenvalue weighted by atomic mass is 16.2. The van der Waals surface area contributed by atoms with Crippen molar-refractivity contribution in [2.75, 3.05) is 26.2 Å². The lowest BCUT2D eigenvalue weighted by Crippen LogP contribution is -2.49. The zero-order chi connectivity index (χ0) is 12.3. The van der Waals surface area contributed by atoms with Gasteiger partial charge in [0.1, 0.15) is 6.04 Å². The van der Waals surface area contributed by atoms with Gasteiger partial charge >= 0.3 is 0 Å². The molecule has 1 atom stereocenters. The summed E-state index contributed by atoms with van der Waals surface area (Å²) < 4.78 is 1.48. The second-order valence-corrected chi connectivity index (χ2v) is 4.20. The smallest absolute Gasteiger partial charge is 0.251 e. The third-order valence-corrected chi connectivity index (χ3v) is 3.05. The Morgan fingerprint density at radius 1 is 1.35 bits per heavy atom. The molecule has 5 heteroatoms. The van der Waals surface area contributed by atoms with Crippen LogP contribution in [0.3, 0.4) is 0 Å². The molecule has 1 fully saturated rings. The Balaban J connectivity index is 2.14.